The van der Waals surface area contributed by atoms with Crippen molar-refractivity contribution < 1.29 is 19.0 Å². The molecule has 3 aromatic rings. The molecular formula is C23H28ClN3O4S2. The minimum Gasteiger partial charge on any atom is -0.495 e. The molecule has 0 atom stereocenters. The van der Waals surface area contributed by atoms with Gasteiger partial charge in [-0.25, -0.2) is 4.98 Å². The highest BCUT2D eigenvalue weighted by Gasteiger charge is 2.22. The number of hydrogen-bond donors (Lipinski definition) is 0. The summed E-state index contributed by atoms with van der Waals surface area (Å²) in [6.07, 6.45) is 4.33. The van der Waals surface area contributed by atoms with Crippen LogP contribution in [0.15, 0.2) is 35.7 Å². The van der Waals surface area contributed by atoms with Gasteiger partial charge in [-0.1, -0.05) is 17.4 Å². The molecule has 0 aliphatic carbocycles. The molecule has 1 aliphatic heterocycles. The van der Waals surface area contributed by atoms with Crippen LogP contribution in [0.25, 0.3) is 16.3 Å². The number of halogens is 1. The van der Waals surface area contributed by atoms with Crippen LogP contribution in [0.2, 0.25) is 0 Å². The summed E-state index contributed by atoms with van der Waals surface area (Å²) >= 11 is 3.05. The Morgan fingerprint density at radius 2 is 1.97 bits per heavy atom. The van der Waals surface area contributed by atoms with Gasteiger partial charge in [-0.2, -0.15) is 0 Å². The summed E-state index contributed by atoms with van der Waals surface area (Å²) in [4.78, 5) is 23.2. The molecule has 178 valence electrons. The van der Waals surface area contributed by atoms with Gasteiger partial charge in [-0.05, 0) is 36.1 Å². The monoisotopic (exact) mass is 509 g/mol. The zero-order valence-corrected chi connectivity index (χ0v) is 21.1. The van der Waals surface area contributed by atoms with E-state index in [1.807, 2.05) is 35.7 Å². The third-order valence-electron chi connectivity index (χ3n) is 5.29. The second kappa shape index (κ2) is 12.3. The molecule has 3 heterocycles. The smallest absolute Gasteiger partial charge is 0.252 e. The first-order valence-electron chi connectivity index (χ1n) is 10.5. The molecule has 0 radical (unpaired) electrons. The number of carbonyl (C=O) groups excluding carboxylic acids is 1. The fourth-order valence-electron chi connectivity index (χ4n) is 3.60. The van der Waals surface area contributed by atoms with Gasteiger partial charge in [0.05, 0.1) is 27.4 Å². The number of ether oxygens (including phenoxy) is 3. The van der Waals surface area contributed by atoms with Crippen molar-refractivity contribution in [1.82, 2.24) is 9.88 Å². The van der Waals surface area contributed by atoms with Crippen LogP contribution in [0, 0.1) is 0 Å². The third kappa shape index (κ3) is 6.24. The van der Waals surface area contributed by atoms with Gasteiger partial charge in [0.2, 0.25) is 0 Å². The Morgan fingerprint density at radius 3 is 2.67 bits per heavy atom. The number of amides is 1. The van der Waals surface area contributed by atoms with Gasteiger partial charge in [0, 0.05) is 37.1 Å². The van der Waals surface area contributed by atoms with E-state index in [2.05, 4.69) is 4.90 Å². The van der Waals surface area contributed by atoms with E-state index in [1.165, 1.54) is 11.3 Å². The van der Waals surface area contributed by atoms with E-state index < -0.39 is 0 Å². The molecule has 33 heavy (non-hydrogen) atoms. The zero-order chi connectivity index (χ0) is 22.3. The lowest BCUT2D eigenvalue weighted by Crippen LogP contribution is -2.39. The lowest BCUT2D eigenvalue weighted by Gasteiger charge is -2.27. The van der Waals surface area contributed by atoms with Gasteiger partial charge in [0.1, 0.15) is 21.7 Å². The number of carbonyl (C=O) groups is 1. The summed E-state index contributed by atoms with van der Waals surface area (Å²) in [7, 11) is 3.25. The van der Waals surface area contributed by atoms with Crippen molar-refractivity contribution in [1.29, 1.82) is 0 Å². The van der Waals surface area contributed by atoms with Crippen LogP contribution in [-0.4, -0.2) is 69.4 Å². The Morgan fingerprint density at radius 1 is 1.21 bits per heavy atom. The molecule has 2 aromatic heterocycles. The van der Waals surface area contributed by atoms with E-state index in [0.717, 1.165) is 54.6 Å². The molecular weight excluding hydrogens is 482 g/mol. The van der Waals surface area contributed by atoms with Gasteiger partial charge < -0.3 is 14.2 Å². The quantitative estimate of drug-likeness (QED) is 0.394. The minimum absolute atomic E-state index is 0. The predicted molar refractivity (Wildman–Crippen MR) is 138 cm³/mol. The van der Waals surface area contributed by atoms with E-state index >= 15 is 0 Å². The molecule has 0 unspecified atom stereocenters. The zero-order valence-electron chi connectivity index (χ0n) is 18.7. The maximum atomic E-state index is 13.2. The number of fused-ring (bicyclic) bond motifs is 1. The van der Waals surface area contributed by atoms with E-state index in [-0.39, 0.29) is 18.3 Å². The topological polar surface area (TPSA) is 64.1 Å². The number of morpholine rings is 1. The van der Waals surface area contributed by atoms with Crippen molar-refractivity contribution in [3.8, 4) is 11.5 Å². The number of methoxy groups -OCH3 is 2. The second-order valence-corrected chi connectivity index (χ2v) is 9.25. The second-order valence-electron chi connectivity index (χ2n) is 7.29. The van der Waals surface area contributed by atoms with Gasteiger partial charge >= 0.3 is 0 Å². The number of nitrogens with zero attached hydrogens (tertiary/aromatic N) is 3. The average molecular weight is 510 g/mol. The SMILES string of the molecule is COc1ccc(OC)c2sc(N(CCCN3CCOCC3)C(=O)/C=C/c3cccs3)nc12.Cl. The van der Waals surface area contributed by atoms with Crippen LogP contribution in [-0.2, 0) is 9.53 Å². The van der Waals surface area contributed by atoms with Crippen LogP contribution in [0.1, 0.15) is 11.3 Å². The standard InChI is InChI=1S/C23H27N3O4S2.ClH/c1-28-18-7-8-19(29-2)22-21(18)24-23(32-22)26(11-4-10-25-12-14-30-15-13-25)20(27)9-6-17-5-3-16-31-17;/h3,5-9,16H,4,10-15H2,1-2H3;1H/b9-6+;. The van der Waals surface area contributed by atoms with Crippen molar-refractivity contribution >= 4 is 62.4 Å². The number of anilines is 1. The van der Waals surface area contributed by atoms with E-state index in [0.29, 0.717) is 22.9 Å². The molecule has 7 nitrogen and oxygen atoms in total. The number of thiazole rings is 1. The average Bonchev–Trinajstić information content (AvgIpc) is 3.50. The highest BCUT2D eigenvalue weighted by molar-refractivity contribution is 7.22. The Hall–Kier alpha value is -2.17. The Labute approximate surface area is 208 Å². The third-order valence-corrected chi connectivity index (χ3v) is 7.22. The van der Waals surface area contributed by atoms with E-state index in [9.17, 15) is 4.79 Å². The maximum absolute atomic E-state index is 13.2. The fraction of sp³-hybridized carbons (Fsp3) is 0.391. The Bertz CT molecular complexity index is 1020. The molecule has 4 rings (SSSR count). The van der Waals surface area contributed by atoms with Crippen molar-refractivity contribution in [3.63, 3.8) is 0 Å². The number of benzene rings is 1. The molecule has 0 spiro atoms. The van der Waals surface area contributed by atoms with E-state index in [1.54, 1.807) is 36.5 Å². The van der Waals surface area contributed by atoms with Gasteiger partial charge in [0.25, 0.3) is 5.91 Å². The number of thiophene rings is 1. The predicted octanol–water partition coefficient (Wildman–Crippen LogP) is 4.57. The maximum Gasteiger partial charge on any atom is 0.252 e. The molecule has 1 amide bonds. The molecule has 1 aromatic carbocycles. The first-order chi connectivity index (χ1) is 15.7. The van der Waals surface area contributed by atoms with Gasteiger partial charge in [0.15, 0.2) is 5.13 Å². The molecule has 10 heteroatoms. The summed E-state index contributed by atoms with van der Waals surface area (Å²) in [6.45, 7) is 4.89. The lowest BCUT2D eigenvalue weighted by atomic mass is 10.3. The highest BCUT2D eigenvalue weighted by Crippen LogP contribution is 2.40. The van der Waals surface area contributed by atoms with Crippen molar-refractivity contribution in [2.45, 2.75) is 6.42 Å². The first kappa shape index (κ1) is 25.5. The largest absolute Gasteiger partial charge is 0.495 e. The minimum atomic E-state index is -0.0858. The number of aromatic nitrogens is 1. The lowest BCUT2D eigenvalue weighted by molar-refractivity contribution is -0.114. The summed E-state index contributed by atoms with van der Waals surface area (Å²) in [5.74, 6) is 1.30. The Balaban J connectivity index is 0.00000306. The number of rotatable bonds is 9. The fourth-order valence-corrected chi connectivity index (χ4v) is 5.32. The van der Waals surface area contributed by atoms with Gasteiger partial charge in [-0.15, -0.1) is 23.7 Å². The normalized spacial score (nSPS) is 14.4. The molecule has 0 bridgehead atoms. The van der Waals surface area contributed by atoms with E-state index in [4.69, 9.17) is 19.2 Å². The molecule has 0 saturated carbocycles. The van der Waals surface area contributed by atoms with Crippen LogP contribution in [0.5, 0.6) is 11.5 Å². The summed E-state index contributed by atoms with van der Waals surface area (Å²) in [5.41, 5.74) is 0.708. The summed E-state index contributed by atoms with van der Waals surface area (Å²) < 4.78 is 17.3. The molecule has 0 N–H and O–H groups in total. The summed E-state index contributed by atoms with van der Waals surface area (Å²) in [6, 6.07) is 7.67. The van der Waals surface area contributed by atoms with Crippen molar-refractivity contribution in [3.05, 3.63) is 40.6 Å². The van der Waals surface area contributed by atoms with Crippen LogP contribution in [0.3, 0.4) is 0 Å². The first-order valence-corrected chi connectivity index (χ1v) is 12.2. The van der Waals surface area contributed by atoms with Crippen LogP contribution in [0.4, 0.5) is 5.13 Å². The van der Waals surface area contributed by atoms with Crippen LogP contribution >= 0.6 is 35.1 Å². The summed E-state index contributed by atoms with van der Waals surface area (Å²) in [5, 5.41) is 2.64. The highest BCUT2D eigenvalue weighted by atomic mass is 35.5. The number of hydrogen-bond acceptors (Lipinski definition) is 8. The van der Waals surface area contributed by atoms with Gasteiger partial charge in [-0.3, -0.25) is 14.6 Å². The molecule has 1 fully saturated rings. The Kier molecular flexibility index (Phi) is 9.52. The molecule has 1 saturated heterocycles. The van der Waals surface area contributed by atoms with Crippen LogP contribution < -0.4 is 14.4 Å². The van der Waals surface area contributed by atoms with Crippen molar-refractivity contribution in [2.75, 3.05) is 58.5 Å². The van der Waals surface area contributed by atoms with Crippen molar-refractivity contribution in [2.24, 2.45) is 0 Å². The molecule has 1 aliphatic rings.